The van der Waals surface area contributed by atoms with Crippen LogP contribution in [-0.2, 0) is 19.1 Å². The number of esters is 1. The average molecular weight is 569 g/mol. The number of hydrogen-bond donors (Lipinski definition) is 4. The zero-order valence-corrected chi connectivity index (χ0v) is 23.1. The summed E-state index contributed by atoms with van der Waals surface area (Å²) in [6, 6.07) is -1.61. The lowest BCUT2D eigenvalue weighted by atomic mass is 10.1. The minimum absolute atomic E-state index is 0.0343. The first-order valence-corrected chi connectivity index (χ1v) is 14.1. The van der Waals surface area contributed by atoms with Gasteiger partial charge in [-0.3, -0.25) is 14.4 Å². The maximum absolute atomic E-state index is 12.8. The number of methoxy groups -OCH3 is 1. The number of unbranched alkanes of at least 4 members (excludes halogenated alkanes) is 7. The van der Waals surface area contributed by atoms with Crippen LogP contribution >= 0.6 is 11.8 Å². The average Bonchev–Trinajstić information content (AvgIpc) is 2.88. The van der Waals surface area contributed by atoms with E-state index in [-0.39, 0.29) is 12.4 Å². The highest BCUT2D eigenvalue weighted by Gasteiger charge is 2.41. The summed E-state index contributed by atoms with van der Waals surface area (Å²) in [6.45, 7) is 1.56. The highest BCUT2D eigenvalue weighted by atomic mass is 32.2. The van der Waals surface area contributed by atoms with Gasteiger partial charge in [-0.15, -0.1) is 11.8 Å². The molecular weight excluding hydrogens is 525 g/mol. The second kappa shape index (κ2) is 21.8. The number of hydrogen-bond acceptors (Lipinski definition) is 7. The molecule has 0 aliphatic rings. The van der Waals surface area contributed by atoms with E-state index < -0.39 is 47.9 Å². The normalized spacial score (nSPS) is 14.4. The van der Waals surface area contributed by atoms with Crippen molar-refractivity contribution in [1.29, 1.82) is 0 Å². The van der Waals surface area contributed by atoms with Crippen LogP contribution < -0.4 is 10.6 Å². The van der Waals surface area contributed by atoms with Crippen molar-refractivity contribution in [2.75, 3.05) is 26.0 Å². The summed E-state index contributed by atoms with van der Waals surface area (Å²) in [5, 5.41) is 22.8. The Morgan fingerprint density at radius 2 is 1.71 bits per heavy atom. The molecule has 12 heteroatoms. The number of aliphatic hydroxyl groups is 2. The summed E-state index contributed by atoms with van der Waals surface area (Å²) in [5.74, 6) is -4.37. The molecule has 0 spiro atoms. The Morgan fingerprint density at radius 1 is 1.03 bits per heavy atom. The number of nitrogens with one attached hydrogen (secondary N) is 2. The largest absolute Gasteiger partial charge is 0.471 e. The second-order valence-corrected chi connectivity index (χ2v) is 9.98. The Hall–Kier alpha value is -2.05. The first-order valence-electron chi connectivity index (χ1n) is 13.0. The summed E-state index contributed by atoms with van der Waals surface area (Å²) in [7, 11) is 1.09. The maximum Gasteiger partial charge on any atom is 0.471 e. The van der Waals surface area contributed by atoms with Crippen molar-refractivity contribution in [3.63, 3.8) is 0 Å². The van der Waals surface area contributed by atoms with E-state index in [0.29, 0.717) is 19.3 Å². The lowest BCUT2D eigenvalue weighted by molar-refractivity contribution is -0.174. The molecule has 0 saturated heterocycles. The van der Waals surface area contributed by atoms with Crippen LogP contribution in [0.4, 0.5) is 13.2 Å². The van der Waals surface area contributed by atoms with Gasteiger partial charge in [-0.25, -0.2) is 0 Å². The number of carbonyl (C=O) groups is 3. The van der Waals surface area contributed by atoms with Crippen molar-refractivity contribution in [3.8, 4) is 0 Å². The van der Waals surface area contributed by atoms with Crippen LogP contribution in [0.2, 0.25) is 0 Å². The van der Waals surface area contributed by atoms with Gasteiger partial charge in [0.15, 0.2) is 0 Å². The number of rotatable bonds is 21. The summed E-state index contributed by atoms with van der Waals surface area (Å²) in [4.78, 5) is 35.2. The number of halogens is 3. The first kappa shape index (κ1) is 35.9. The molecule has 2 amide bonds. The predicted molar refractivity (Wildman–Crippen MR) is 142 cm³/mol. The van der Waals surface area contributed by atoms with Crippen LogP contribution in [0.25, 0.3) is 0 Å². The minimum Gasteiger partial charge on any atom is -0.468 e. The molecule has 8 nitrogen and oxygen atoms in total. The fourth-order valence-electron chi connectivity index (χ4n) is 3.30. The second-order valence-electron chi connectivity index (χ2n) is 8.77. The van der Waals surface area contributed by atoms with Crippen molar-refractivity contribution < 1.29 is 42.5 Å². The molecule has 0 aliphatic carbocycles. The number of aliphatic hydroxyl groups excluding tert-OH is 2. The zero-order chi connectivity index (χ0) is 28.8. The Labute approximate surface area is 227 Å². The van der Waals surface area contributed by atoms with Crippen LogP contribution in [0.15, 0.2) is 24.3 Å². The van der Waals surface area contributed by atoms with Gasteiger partial charge in [0.25, 0.3) is 0 Å². The fraction of sp³-hybridized carbons (Fsp3) is 0.731. The fourth-order valence-corrected chi connectivity index (χ4v) is 4.51. The Morgan fingerprint density at radius 3 is 2.34 bits per heavy atom. The van der Waals surface area contributed by atoms with Gasteiger partial charge in [-0.1, -0.05) is 63.3 Å². The SMILES string of the molecule is CCCCCCCCC=CC=C[C@@H](SCC(NC(=O)C(F)(F)F)C(=O)NCC(=O)OC)[C@@H](O)CCCCO. The molecule has 4 N–H and O–H groups in total. The van der Waals surface area contributed by atoms with Gasteiger partial charge in [0.2, 0.25) is 5.91 Å². The van der Waals surface area contributed by atoms with Crippen molar-refractivity contribution in [3.05, 3.63) is 24.3 Å². The molecule has 0 saturated carbocycles. The molecular formula is C26H43F3N2O6S. The van der Waals surface area contributed by atoms with E-state index in [1.165, 1.54) is 25.7 Å². The quantitative estimate of drug-likeness (QED) is 0.0943. The van der Waals surface area contributed by atoms with E-state index in [0.717, 1.165) is 38.1 Å². The first-order chi connectivity index (χ1) is 18.1. The standard InChI is InChI=1S/C26H43F3N2O6S/c1-3-4-5-6-7-8-9-10-11-12-16-22(21(33)15-13-14-17-32)38-19-20(31-25(36)26(27,28)29)24(35)30-18-23(34)37-2/h10-12,16,20-22,32-33H,3-9,13-15,17-19H2,1-2H3,(H,30,35)(H,31,36)/t20?,21-,22+/m0/s1. The van der Waals surface area contributed by atoms with E-state index in [2.05, 4.69) is 17.0 Å². The summed E-state index contributed by atoms with van der Waals surface area (Å²) >= 11 is 1.00. The molecule has 3 atom stereocenters. The Balaban J connectivity index is 5.23. The molecule has 0 aromatic rings. The van der Waals surface area contributed by atoms with Crippen molar-refractivity contribution in [2.24, 2.45) is 0 Å². The van der Waals surface area contributed by atoms with E-state index in [1.807, 2.05) is 12.2 Å². The molecule has 0 radical (unpaired) electrons. The molecule has 0 aromatic carbocycles. The van der Waals surface area contributed by atoms with Gasteiger partial charge < -0.3 is 25.6 Å². The molecule has 0 fully saturated rings. The highest BCUT2D eigenvalue weighted by molar-refractivity contribution is 8.00. The smallest absolute Gasteiger partial charge is 0.468 e. The molecule has 0 heterocycles. The summed E-state index contributed by atoms with van der Waals surface area (Å²) in [6.07, 6.45) is 10.5. The van der Waals surface area contributed by atoms with Crippen LogP contribution in [0, 0.1) is 0 Å². The Bertz CT molecular complexity index is 734. The lowest BCUT2D eigenvalue weighted by Crippen LogP contribution is -2.52. The van der Waals surface area contributed by atoms with E-state index in [4.69, 9.17) is 5.11 Å². The van der Waals surface area contributed by atoms with Gasteiger partial charge in [-0.2, -0.15) is 13.2 Å². The number of allylic oxidation sites excluding steroid dienone is 3. The minimum atomic E-state index is -5.20. The van der Waals surface area contributed by atoms with E-state index in [1.54, 1.807) is 17.5 Å². The molecule has 0 rings (SSSR count). The number of ether oxygens (including phenoxy) is 1. The van der Waals surface area contributed by atoms with Gasteiger partial charge in [0.1, 0.15) is 12.6 Å². The van der Waals surface area contributed by atoms with Crippen molar-refractivity contribution in [2.45, 2.75) is 94.7 Å². The van der Waals surface area contributed by atoms with Gasteiger partial charge in [0, 0.05) is 17.6 Å². The van der Waals surface area contributed by atoms with Crippen LogP contribution in [0.3, 0.4) is 0 Å². The van der Waals surface area contributed by atoms with Crippen molar-refractivity contribution >= 4 is 29.5 Å². The van der Waals surface area contributed by atoms with Gasteiger partial charge in [-0.05, 0) is 32.1 Å². The molecule has 1 unspecified atom stereocenters. The third kappa shape index (κ3) is 18.2. The third-order valence-corrected chi connectivity index (χ3v) is 6.91. The van der Waals surface area contributed by atoms with Crippen LogP contribution in [0.1, 0.15) is 71.1 Å². The lowest BCUT2D eigenvalue weighted by Gasteiger charge is -2.23. The molecule has 0 aromatic heterocycles. The summed E-state index contributed by atoms with van der Waals surface area (Å²) in [5.41, 5.74) is 0. The molecule has 38 heavy (non-hydrogen) atoms. The predicted octanol–water partition coefficient (Wildman–Crippen LogP) is 3.81. The van der Waals surface area contributed by atoms with Crippen molar-refractivity contribution in [1.82, 2.24) is 10.6 Å². The molecule has 220 valence electrons. The van der Waals surface area contributed by atoms with Gasteiger partial charge in [0.05, 0.1) is 13.2 Å². The number of thioether (sulfide) groups is 1. The third-order valence-electron chi connectivity index (χ3n) is 5.53. The molecule has 0 bridgehead atoms. The van der Waals surface area contributed by atoms with Gasteiger partial charge >= 0.3 is 18.1 Å². The number of carbonyl (C=O) groups excluding carboxylic acids is 3. The zero-order valence-electron chi connectivity index (χ0n) is 22.3. The summed E-state index contributed by atoms with van der Waals surface area (Å²) < 4.78 is 42.8. The number of alkyl halides is 3. The maximum atomic E-state index is 12.8. The van der Waals surface area contributed by atoms with E-state index >= 15 is 0 Å². The Kier molecular flexibility index (Phi) is 20.7. The monoisotopic (exact) mass is 568 g/mol. The molecule has 0 aliphatic heterocycles. The number of amides is 2. The highest BCUT2D eigenvalue weighted by Crippen LogP contribution is 2.22. The van der Waals surface area contributed by atoms with E-state index in [9.17, 15) is 32.7 Å². The topological polar surface area (TPSA) is 125 Å². The van der Waals surface area contributed by atoms with Crippen LogP contribution in [-0.4, -0.2) is 77.6 Å². The van der Waals surface area contributed by atoms with Crippen LogP contribution in [0.5, 0.6) is 0 Å².